The quantitative estimate of drug-likeness (QED) is 0.377. The first-order chi connectivity index (χ1) is 16.0. The Morgan fingerprint density at radius 2 is 1.70 bits per heavy atom. The number of benzene rings is 2. The highest BCUT2D eigenvalue weighted by Gasteiger charge is 2.35. The predicted molar refractivity (Wildman–Crippen MR) is 127 cm³/mol. The van der Waals surface area contributed by atoms with Gasteiger partial charge in [0.2, 0.25) is 5.89 Å². The van der Waals surface area contributed by atoms with Crippen molar-refractivity contribution >= 4 is 23.2 Å². The Hall–Kier alpha value is -3.77. The van der Waals surface area contributed by atoms with Gasteiger partial charge in [-0.05, 0) is 55.8 Å². The second kappa shape index (κ2) is 8.64. The largest absolute Gasteiger partial charge is 0.441 e. The van der Waals surface area contributed by atoms with Crippen LogP contribution in [0.15, 0.2) is 82.6 Å². The van der Waals surface area contributed by atoms with Gasteiger partial charge in [0.25, 0.3) is 5.91 Å². The van der Waals surface area contributed by atoms with Gasteiger partial charge in [-0.15, -0.1) is 0 Å². The van der Waals surface area contributed by atoms with Gasteiger partial charge in [0.1, 0.15) is 11.5 Å². The summed E-state index contributed by atoms with van der Waals surface area (Å²) in [6.07, 6.45) is 3.75. The highest BCUT2D eigenvalue weighted by Crippen LogP contribution is 2.35. The fraction of sp³-hybridized carbons (Fsp3) is 0.154. The van der Waals surface area contributed by atoms with Crippen molar-refractivity contribution in [3.8, 4) is 11.5 Å². The minimum atomic E-state index is -0.239. The summed E-state index contributed by atoms with van der Waals surface area (Å²) in [7, 11) is 0. The van der Waals surface area contributed by atoms with E-state index in [1.807, 2.05) is 50.2 Å². The van der Waals surface area contributed by atoms with Crippen LogP contribution < -0.4 is 0 Å². The molecule has 0 radical (unpaired) electrons. The molecule has 6 nitrogen and oxygen atoms in total. The van der Waals surface area contributed by atoms with Crippen molar-refractivity contribution < 1.29 is 9.21 Å². The smallest absolute Gasteiger partial charge is 0.274 e. The number of rotatable bonds is 4. The van der Waals surface area contributed by atoms with E-state index >= 15 is 0 Å². The van der Waals surface area contributed by atoms with E-state index in [0.29, 0.717) is 40.1 Å². The lowest BCUT2D eigenvalue weighted by molar-refractivity contribution is 0.0711. The van der Waals surface area contributed by atoms with Gasteiger partial charge >= 0.3 is 0 Å². The van der Waals surface area contributed by atoms with Crippen LogP contribution >= 0.6 is 11.6 Å². The fourth-order valence-corrected chi connectivity index (χ4v) is 4.02. The number of aryl methyl sites for hydroxylation is 2. The van der Waals surface area contributed by atoms with Crippen LogP contribution in [-0.4, -0.2) is 26.6 Å². The average Bonchev–Trinajstić information content (AvgIpc) is 3.44. The fourth-order valence-electron chi connectivity index (χ4n) is 3.90. The average molecular weight is 457 g/mol. The Labute approximate surface area is 196 Å². The van der Waals surface area contributed by atoms with Crippen LogP contribution in [0.2, 0.25) is 5.02 Å². The van der Waals surface area contributed by atoms with Crippen LogP contribution in [0.4, 0.5) is 0 Å². The summed E-state index contributed by atoms with van der Waals surface area (Å²) < 4.78 is 5.94. The molecule has 0 spiro atoms. The van der Waals surface area contributed by atoms with E-state index in [1.54, 1.807) is 41.7 Å². The van der Waals surface area contributed by atoms with Gasteiger partial charge in [-0.3, -0.25) is 9.78 Å². The summed E-state index contributed by atoms with van der Waals surface area (Å²) in [4.78, 5) is 22.1. The number of oxazole rings is 1. The number of carbonyl (C=O) groups is 1. The number of nitrogens with zero attached hydrogens (tertiary/aromatic N) is 4. The summed E-state index contributed by atoms with van der Waals surface area (Å²) >= 11 is 6.01. The molecule has 2 aromatic heterocycles. The molecule has 164 valence electrons. The molecular weight excluding hydrogens is 436 g/mol. The van der Waals surface area contributed by atoms with Crippen LogP contribution in [0.1, 0.15) is 45.4 Å². The van der Waals surface area contributed by atoms with E-state index in [2.05, 4.69) is 4.98 Å². The van der Waals surface area contributed by atoms with Gasteiger partial charge < -0.3 is 4.42 Å². The van der Waals surface area contributed by atoms with E-state index in [1.165, 1.54) is 0 Å². The van der Waals surface area contributed by atoms with Crippen molar-refractivity contribution in [2.45, 2.75) is 26.3 Å². The van der Waals surface area contributed by atoms with Gasteiger partial charge in [-0.1, -0.05) is 41.4 Å². The second-order valence-corrected chi connectivity index (χ2v) is 8.43. The first kappa shape index (κ1) is 21.1. The summed E-state index contributed by atoms with van der Waals surface area (Å²) in [5.74, 6) is 0.962. The molecule has 2 aromatic carbocycles. The van der Waals surface area contributed by atoms with Crippen molar-refractivity contribution in [2.75, 3.05) is 0 Å². The molecule has 0 aliphatic carbocycles. The van der Waals surface area contributed by atoms with Crippen LogP contribution in [0, 0.1) is 13.8 Å². The summed E-state index contributed by atoms with van der Waals surface area (Å²) in [6, 6.07) is 18.6. The van der Waals surface area contributed by atoms with E-state index < -0.39 is 0 Å². The van der Waals surface area contributed by atoms with E-state index in [0.717, 1.165) is 16.7 Å². The Bertz CT molecular complexity index is 1330. The third-order valence-corrected chi connectivity index (χ3v) is 5.92. The van der Waals surface area contributed by atoms with Crippen molar-refractivity contribution in [1.82, 2.24) is 15.0 Å². The molecule has 0 saturated heterocycles. The summed E-state index contributed by atoms with van der Waals surface area (Å²) in [6.45, 7) is 3.90. The summed E-state index contributed by atoms with van der Waals surface area (Å²) in [5.41, 5.74) is 4.90. The number of aromatic nitrogens is 2. The van der Waals surface area contributed by atoms with Crippen molar-refractivity contribution in [2.24, 2.45) is 5.10 Å². The zero-order chi connectivity index (χ0) is 22.9. The van der Waals surface area contributed by atoms with Crippen LogP contribution in [0.25, 0.3) is 11.5 Å². The Morgan fingerprint density at radius 3 is 2.39 bits per heavy atom. The SMILES string of the molecule is Cc1ccc(C2CC(c3nc(-c4ccc(Cl)cc4)oc3C)=NN2C(=O)c2ccncc2)cc1. The maximum absolute atomic E-state index is 13.4. The topological polar surface area (TPSA) is 71.6 Å². The van der Waals surface area contributed by atoms with Crippen LogP contribution in [0.5, 0.6) is 0 Å². The molecular formula is C26H21ClN4O2. The van der Waals surface area contributed by atoms with Gasteiger partial charge in [-0.25, -0.2) is 9.99 Å². The molecule has 1 amide bonds. The molecule has 0 fully saturated rings. The summed E-state index contributed by atoms with van der Waals surface area (Å²) in [5, 5.41) is 6.93. The number of hydrogen-bond donors (Lipinski definition) is 0. The first-order valence-electron chi connectivity index (χ1n) is 10.6. The van der Waals surface area contributed by atoms with Crippen molar-refractivity contribution in [1.29, 1.82) is 0 Å². The Morgan fingerprint density at radius 1 is 1.00 bits per heavy atom. The number of halogens is 1. The number of hydrazone groups is 1. The lowest BCUT2D eigenvalue weighted by Gasteiger charge is -2.22. The third-order valence-electron chi connectivity index (χ3n) is 5.67. The molecule has 1 unspecified atom stereocenters. The van der Waals surface area contributed by atoms with E-state index in [-0.39, 0.29) is 11.9 Å². The molecule has 4 aromatic rings. The van der Waals surface area contributed by atoms with Crippen molar-refractivity contribution in [3.63, 3.8) is 0 Å². The van der Waals surface area contributed by atoms with E-state index in [9.17, 15) is 4.79 Å². The van der Waals surface area contributed by atoms with Gasteiger partial charge in [0.05, 0.1) is 11.8 Å². The molecule has 0 N–H and O–H groups in total. The molecule has 1 atom stereocenters. The van der Waals surface area contributed by atoms with Gasteiger partial charge in [0.15, 0.2) is 0 Å². The number of carbonyl (C=O) groups excluding carboxylic acids is 1. The molecule has 0 bridgehead atoms. The lowest BCUT2D eigenvalue weighted by atomic mass is 9.99. The maximum atomic E-state index is 13.4. The van der Waals surface area contributed by atoms with E-state index in [4.69, 9.17) is 26.1 Å². The third kappa shape index (κ3) is 4.17. The monoisotopic (exact) mass is 456 g/mol. The minimum Gasteiger partial charge on any atom is -0.441 e. The molecule has 1 aliphatic heterocycles. The zero-order valence-corrected chi connectivity index (χ0v) is 19.0. The standard InChI is InChI=1S/C26H21ClN4O2/c1-16-3-5-18(6-4-16)23-15-22(30-31(23)26(32)20-11-13-28-14-12-20)24-17(2)33-25(29-24)19-7-9-21(27)10-8-19/h3-14,23H,15H2,1-2H3. The maximum Gasteiger partial charge on any atom is 0.274 e. The molecule has 1 aliphatic rings. The minimum absolute atomic E-state index is 0.183. The van der Waals surface area contributed by atoms with Crippen LogP contribution in [-0.2, 0) is 0 Å². The number of amides is 1. The number of pyridine rings is 1. The Balaban J connectivity index is 1.53. The molecule has 5 rings (SSSR count). The molecule has 7 heteroatoms. The lowest BCUT2D eigenvalue weighted by Crippen LogP contribution is -2.27. The van der Waals surface area contributed by atoms with Gasteiger partial charge in [-0.2, -0.15) is 5.10 Å². The molecule has 0 saturated carbocycles. The first-order valence-corrected chi connectivity index (χ1v) is 11.0. The highest BCUT2D eigenvalue weighted by atomic mass is 35.5. The van der Waals surface area contributed by atoms with Crippen LogP contribution in [0.3, 0.4) is 0 Å². The zero-order valence-electron chi connectivity index (χ0n) is 18.2. The molecule has 3 heterocycles. The number of hydrogen-bond acceptors (Lipinski definition) is 5. The predicted octanol–water partition coefficient (Wildman–Crippen LogP) is 6.00. The highest BCUT2D eigenvalue weighted by molar-refractivity contribution is 6.30. The molecule has 33 heavy (non-hydrogen) atoms. The Kier molecular flexibility index (Phi) is 5.52. The van der Waals surface area contributed by atoms with Crippen molar-refractivity contribution in [3.05, 3.63) is 106 Å². The normalized spacial score (nSPS) is 15.5. The second-order valence-electron chi connectivity index (χ2n) is 7.99. The van der Waals surface area contributed by atoms with Gasteiger partial charge in [0, 0.05) is 35.0 Å².